The summed E-state index contributed by atoms with van der Waals surface area (Å²) in [5.74, 6) is 0.917. The lowest BCUT2D eigenvalue weighted by molar-refractivity contribution is -0.131. The predicted octanol–water partition coefficient (Wildman–Crippen LogP) is 2.46. The lowest BCUT2D eigenvalue weighted by Crippen LogP contribution is -2.37. The van der Waals surface area contributed by atoms with Crippen LogP contribution in [0.5, 0.6) is 5.75 Å². The third-order valence-electron chi connectivity index (χ3n) is 4.57. The second-order valence-corrected chi connectivity index (χ2v) is 6.97. The molecule has 138 valence electrons. The Labute approximate surface area is 157 Å². The number of aromatic nitrogens is 1. The summed E-state index contributed by atoms with van der Waals surface area (Å²) < 4.78 is 5.15. The van der Waals surface area contributed by atoms with Gasteiger partial charge in [-0.2, -0.15) is 0 Å². The molecule has 0 saturated carbocycles. The number of carbonyl (C=O) groups excluding carboxylic acids is 2. The lowest BCUT2D eigenvalue weighted by Gasteiger charge is -2.21. The Bertz CT molecular complexity index is 731. The number of carbonyl (C=O) groups is 2. The van der Waals surface area contributed by atoms with Gasteiger partial charge in [0.25, 0.3) is 5.91 Å². The van der Waals surface area contributed by atoms with Crippen LogP contribution in [0.3, 0.4) is 0 Å². The zero-order valence-corrected chi connectivity index (χ0v) is 15.7. The van der Waals surface area contributed by atoms with Crippen LogP contribution in [0.25, 0.3) is 0 Å². The lowest BCUT2D eigenvalue weighted by atomic mass is 10.1. The molecule has 6 nitrogen and oxygen atoms in total. The van der Waals surface area contributed by atoms with Crippen LogP contribution in [0.4, 0.5) is 0 Å². The van der Waals surface area contributed by atoms with Gasteiger partial charge in [0.15, 0.2) is 0 Å². The average molecular weight is 373 g/mol. The maximum Gasteiger partial charge on any atom is 0.273 e. The molecule has 0 spiro atoms. The van der Waals surface area contributed by atoms with Gasteiger partial charge in [-0.05, 0) is 30.5 Å². The van der Waals surface area contributed by atoms with E-state index in [2.05, 4.69) is 4.98 Å². The zero-order valence-electron chi connectivity index (χ0n) is 14.9. The van der Waals surface area contributed by atoms with Crippen LogP contribution in [-0.4, -0.2) is 59.9 Å². The second kappa shape index (κ2) is 8.80. The molecule has 2 heterocycles. The summed E-state index contributed by atoms with van der Waals surface area (Å²) in [5.41, 5.74) is 3.28. The molecule has 0 bridgehead atoms. The number of ether oxygens (including phenoxy) is 1. The number of amides is 2. The van der Waals surface area contributed by atoms with Crippen molar-refractivity contribution in [2.75, 3.05) is 33.3 Å². The molecule has 26 heavy (non-hydrogen) atoms. The smallest absolute Gasteiger partial charge is 0.273 e. The van der Waals surface area contributed by atoms with E-state index in [1.807, 2.05) is 29.2 Å². The maximum absolute atomic E-state index is 12.5. The van der Waals surface area contributed by atoms with E-state index >= 15 is 0 Å². The number of methoxy groups -OCH3 is 1. The average Bonchev–Trinajstić information content (AvgIpc) is 3.10. The first-order valence-corrected chi connectivity index (χ1v) is 9.70. The molecule has 0 aliphatic carbocycles. The van der Waals surface area contributed by atoms with Crippen LogP contribution in [-0.2, 0) is 11.2 Å². The SMILES string of the molecule is COc1ccc(CCC(=O)N2CCCN(C(=O)c3cscn3)CC2)cc1. The summed E-state index contributed by atoms with van der Waals surface area (Å²) in [4.78, 5) is 32.7. The highest BCUT2D eigenvalue weighted by molar-refractivity contribution is 7.07. The van der Waals surface area contributed by atoms with Crippen molar-refractivity contribution in [3.63, 3.8) is 0 Å². The Morgan fingerprint density at radius 2 is 1.85 bits per heavy atom. The van der Waals surface area contributed by atoms with Crippen molar-refractivity contribution < 1.29 is 14.3 Å². The van der Waals surface area contributed by atoms with E-state index in [1.165, 1.54) is 11.3 Å². The van der Waals surface area contributed by atoms with Crippen LogP contribution in [0.2, 0.25) is 0 Å². The van der Waals surface area contributed by atoms with E-state index in [4.69, 9.17) is 4.74 Å². The Balaban J connectivity index is 1.50. The molecular weight excluding hydrogens is 350 g/mol. The van der Waals surface area contributed by atoms with Crippen molar-refractivity contribution in [1.82, 2.24) is 14.8 Å². The molecule has 1 aromatic heterocycles. The van der Waals surface area contributed by atoms with Gasteiger partial charge in [-0.25, -0.2) is 4.98 Å². The Kier molecular flexibility index (Phi) is 6.22. The quantitative estimate of drug-likeness (QED) is 0.808. The minimum Gasteiger partial charge on any atom is -0.497 e. The standard InChI is InChI=1S/C19H23N3O3S/c1-25-16-6-3-15(4-7-16)5-8-18(23)21-9-2-10-22(12-11-21)19(24)17-13-26-14-20-17/h3-4,6-7,13-14H,2,5,8-12H2,1H3. The van der Waals surface area contributed by atoms with Gasteiger partial charge in [0.1, 0.15) is 11.4 Å². The fourth-order valence-corrected chi connectivity index (χ4v) is 3.58. The Morgan fingerprint density at radius 1 is 1.12 bits per heavy atom. The van der Waals surface area contributed by atoms with Crippen LogP contribution in [0.1, 0.15) is 28.9 Å². The van der Waals surface area contributed by atoms with E-state index in [0.29, 0.717) is 44.7 Å². The van der Waals surface area contributed by atoms with Crippen LogP contribution >= 0.6 is 11.3 Å². The highest BCUT2D eigenvalue weighted by atomic mass is 32.1. The molecule has 2 aromatic rings. The molecule has 0 unspecified atom stereocenters. The normalized spacial score (nSPS) is 14.8. The largest absolute Gasteiger partial charge is 0.497 e. The first-order valence-electron chi connectivity index (χ1n) is 8.75. The van der Waals surface area contributed by atoms with Gasteiger partial charge in [0.2, 0.25) is 5.91 Å². The second-order valence-electron chi connectivity index (χ2n) is 6.25. The van der Waals surface area contributed by atoms with Gasteiger partial charge in [-0.15, -0.1) is 11.3 Å². The Morgan fingerprint density at radius 3 is 2.54 bits per heavy atom. The molecule has 1 aliphatic rings. The van der Waals surface area contributed by atoms with Gasteiger partial charge in [-0.1, -0.05) is 12.1 Å². The number of hydrogen-bond donors (Lipinski definition) is 0. The number of rotatable bonds is 5. The first kappa shape index (κ1) is 18.4. The van der Waals surface area contributed by atoms with Crippen molar-refractivity contribution in [1.29, 1.82) is 0 Å². The number of benzene rings is 1. The monoisotopic (exact) mass is 373 g/mol. The van der Waals surface area contributed by atoms with E-state index in [-0.39, 0.29) is 11.8 Å². The van der Waals surface area contributed by atoms with E-state index in [9.17, 15) is 9.59 Å². The van der Waals surface area contributed by atoms with Crippen molar-refractivity contribution in [3.05, 3.63) is 46.4 Å². The third kappa shape index (κ3) is 4.60. The minimum atomic E-state index is -0.0428. The summed E-state index contributed by atoms with van der Waals surface area (Å²) in [6, 6.07) is 7.80. The summed E-state index contributed by atoms with van der Waals surface area (Å²) in [5, 5.41) is 1.77. The van der Waals surface area contributed by atoms with E-state index < -0.39 is 0 Å². The molecule has 3 rings (SSSR count). The Hall–Kier alpha value is -2.41. The molecule has 0 atom stereocenters. The summed E-state index contributed by atoms with van der Waals surface area (Å²) >= 11 is 1.42. The van der Waals surface area contributed by atoms with Gasteiger partial charge in [0.05, 0.1) is 12.6 Å². The van der Waals surface area contributed by atoms with Gasteiger partial charge >= 0.3 is 0 Å². The molecule has 1 saturated heterocycles. The van der Waals surface area contributed by atoms with Crippen molar-refractivity contribution in [3.8, 4) is 5.75 Å². The molecule has 2 amide bonds. The van der Waals surface area contributed by atoms with E-state index in [1.54, 1.807) is 22.9 Å². The van der Waals surface area contributed by atoms with Gasteiger partial charge in [-0.3, -0.25) is 9.59 Å². The first-order chi connectivity index (χ1) is 12.7. The molecule has 0 radical (unpaired) electrons. The molecule has 0 N–H and O–H groups in total. The summed E-state index contributed by atoms with van der Waals surface area (Å²) in [7, 11) is 1.64. The van der Waals surface area contributed by atoms with Crippen molar-refractivity contribution in [2.45, 2.75) is 19.3 Å². The van der Waals surface area contributed by atoms with Crippen LogP contribution < -0.4 is 4.74 Å². The highest BCUT2D eigenvalue weighted by Gasteiger charge is 2.23. The van der Waals surface area contributed by atoms with Gasteiger partial charge < -0.3 is 14.5 Å². The molecule has 1 fully saturated rings. The third-order valence-corrected chi connectivity index (χ3v) is 5.16. The predicted molar refractivity (Wildman–Crippen MR) is 101 cm³/mol. The maximum atomic E-state index is 12.5. The molecule has 7 heteroatoms. The molecule has 1 aliphatic heterocycles. The number of nitrogens with zero attached hydrogens (tertiary/aromatic N) is 3. The number of hydrogen-bond acceptors (Lipinski definition) is 5. The van der Waals surface area contributed by atoms with Crippen LogP contribution in [0.15, 0.2) is 35.2 Å². The minimum absolute atomic E-state index is 0.0428. The topological polar surface area (TPSA) is 62.7 Å². The molecular formula is C19H23N3O3S. The molecule has 1 aromatic carbocycles. The summed E-state index contributed by atoms with van der Waals surface area (Å²) in [6.07, 6.45) is 1.98. The fraction of sp³-hybridized carbons (Fsp3) is 0.421. The zero-order chi connectivity index (χ0) is 18.4. The van der Waals surface area contributed by atoms with E-state index in [0.717, 1.165) is 17.7 Å². The van der Waals surface area contributed by atoms with Crippen molar-refractivity contribution >= 4 is 23.2 Å². The van der Waals surface area contributed by atoms with Crippen LogP contribution in [0, 0.1) is 0 Å². The number of thiazole rings is 1. The van der Waals surface area contributed by atoms with Crippen molar-refractivity contribution in [2.24, 2.45) is 0 Å². The number of aryl methyl sites for hydroxylation is 1. The summed E-state index contributed by atoms with van der Waals surface area (Å²) in [6.45, 7) is 2.50. The van der Waals surface area contributed by atoms with Gasteiger partial charge in [0, 0.05) is 38.0 Å². The highest BCUT2D eigenvalue weighted by Crippen LogP contribution is 2.14. The fourth-order valence-electron chi connectivity index (χ4n) is 3.05.